The minimum Gasteiger partial charge on any atom is -0.337 e. The first-order valence-electron chi connectivity index (χ1n) is 8.93. The Balaban J connectivity index is 1.55. The predicted molar refractivity (Wildman–Crippen MR) is 104 cm³/mol. The largest absolute Gasteiger partial charge is 0.337 e. The molecule has 1 aromatic carbocycles. The number of rotatable bonds is 3. The highest BCUT2D eigenvalue weighted by Gasteiger charge is 2.27. The molecule has 132 valence electrons. The Morgan fingerprint density at radius 3 is 2.96 bits per heavy atom. The van der Waals surface area contributed by atoms with Crippen molar-refractivity contribution in [2.75, 3.05) is 13.1 Å². The molecule has 1 aliphatic rings. The Morgan fingerprint density at radius 1 is 1.23 bits per heavy atom. The maximum absolute atomic E-state index is 12.7. The van der Waals surface area contributed by atoms with Crippen molar-refractivity contribution in [2.24, 2.45) is 0 Å². The molecule has 0 unspecified atom stereocenters. The third-order valence-corrected chi connectivity index (χ3v) is 5.67. The van der Waals surface area contributed by atoms with Gasteiger partial charge in [0.1, 0.15) is 0 Å². The van der Waals surface area contributed by atoms with Crippen LogP contribution in [0.15, 0.2) is 54.0 Å². The Kier molecular flexibility index (Phi) is 4.80. The van der Waals surface area contributed by atoms with E-state index in [9.17, 15) is 4.79 Å². The summed E-state index contributed by atoms with van der Waals surface area (Å²) in [5.74, 6) is 1.16. The van der Waals surface area contributed by atoms with E-state index in [4.69, 9.17) is 4.98 Å². The van der Waals surface area contributed by atoms with Crippen molar-refractivity contribution in [1.29, 1.82) is 0 Å². The molecule has 4 rings (SSSR count). The second kappa shape index (κ2) is 7.38. The Bertz CT molecular complexity index is 907. The number of hydrogen-bond donors (Lipinski definition) is 0. The molecule has 0 N–H and O–H groups in total. The number of thiophene rings is 1. The average Bonchev–Trinajstić information content (AvgIpc) is 3.22. The summed E-state index contributed by atoms with van der Waals surface area (Å²) in [6.45, 7) is 3.62. The second-order valence-corrected chi connectivity index (χ2v) is 7.69. The van der Waals surface area contributed by atoms with Gasteiger partial charge in [-0.1, -0.05) is 29.8 Å². The molecule has 1 fully saturated rings. The van der Waals surface area contributed by atoms with Gasteiger partial charge >= 0.3 is 0 Å². The molecule has 0 bridgehead atoms. The number of piperidine rings is 1. The summed E-state index contributed by atoms with van der Waals surface area (Å²) in [6.07, 6.45) is 3.89. The third kappa shape index (κ3) is 3.53. The average molecular weight is 363 g/mol. The second-order valence-electron chi connectivity index (χ2n) is 6.74. The zero-order chi connectivity index (χ0) is 17.9. The van der Waals surface area contributed by atoms with Crippen LogP contribution in [0.3, 0.4) is 0 Å². The van der Waals surface area contributed by atoms with Crippen LogP contribution in [0, 0.1) is 6.92 Å². The minimum absolute atomic E-state index is 0.137. The van der Waals surface area contributed by atoms with Gasteiger partial charge in [-0.15, -0.1) is 11.3 Å². The topological polar surface area (TPSA) is 46.1 Å². The zero-order valence-corrected chi connectivity index (χ0v) is 15.6. The summed E-state index contributed by atoms with van der Waals surface area (Å²) in [6, 6.07) is 14.1. The Labute approximate surface area is 157 Å². The number of carbonyl (C=O) groups is 1. The Morgan fingerprint density at radius 2 is 2.15 bits per heavy atom. The molecule has 1 amide bonds. The maximum atomic E-state index is 12.7. The van der Waals surface area contributed by atoms with Gasteiger partial charge in [0.2, 0.25) is 0 Å². The molecule has 4 nitrogen and oxygen atoms in total. The quantitative estimate of drug-likeness (QED) is 0.687. The number of aryl methyl sites for hydroxylation is 1. The molecular weight excluding hydrogens is 342 g/mol. The monoisotopic (exact) mass is 363 g/mol. The van der Waals surface area contributed by atoms with Crippen LogP contribution >= 0.6 is 11.3 Å². The van der Waals surface area contributed by atoms with Gasteiger partial charge in [-0.05, 0) is 43.3 Å². The normalized spacial score (nSPS) is 17.3. The number of amides is 1. The summed E-state index contributed by atoms with van der Waals surface area (Å²) in [5.41, 5.74) is 3.26. The fraction of sp³-hybridized carbons (Fsp3) is 0.286. The summed E-state index contributed by atoms with van der Waals surface area (Å²) >= 11 is 1.51. The fourth-order valence-electron chi connectivity index (χ4n) is 3.48. The van der Waals surface area contributed by atoms with Gasteiger partial charge in [0.15, 0.2) is 5.82 Å². The van der Waals surface area contributed by atoms with E-state index in [1.807, 2.05) is 46.8 Å². The lowest BCUT2D eigenvalue weighted by Gasteiger charge is -2.32. The van der Waals surface area contributed by atoms with Crippen molar-refractivity contribution in [3.05, 3.63) is 70.2 Å². The van der Waals surface area contributed by atoms with Crippen LogP contribution in [0.25, 0.3) is 11.4 Å². The van der Waals surface area contributed by atoms with Crippen LogP contribution < -0.4 is 0 Å². The van der Waals surface area contributed by atoms with Crippen molar-refractivity contribution in [1.82, 2.24) is 14.9 Å². The molecule has 3 heterocycles. The molecule has 5 heteroatoms. The summed E-state index contributed by atoms with van der Waals surface area (Å²) in [5, 5.41) is 1.95. The molecule has 0 aliphatic carbocycles. The highest BCUT2D eigenvalue weighted by atomic mass is 32.1. The number of likely N-dealkylation sites (tertiary alicyclic amines) is 1. The van der Waals surface area contributed by atoms with Crippen LogP contribution in [-0.2, 0) is 0 Å². The van der Waals surface area contributed by atoms with Crippen molar-refractivity contribution in [3.63, 3.8) is 0 Å². The van der Waals surface area contributed by atoms with Crippen LogP contribution in [-0.4, -0.2) is 33.9 Å². The van der Waals surface area contributed by atoms with Gasteiger partial charge in [0, 0.05) is 36.5 Å². The highest BCUT2D eigenvalue weighted by molar-refractivity contribution is 7.12. The first kappa shape index (κ1) is 16.9. The number of benzene rings is 1. The van der Waals surface area contributed by atoms with Crippen molar-refractivity contribution >= 4 is 17.2 Å². The van der Waals surface area contributed by atoms with Gasteiger partial charge in [-0.3, -0.25) is 4.79 Å². The van der Waals surface area contributed by atoms with E-state index < -0.39 is 0 Å². The molecule has 3 aromatic rings. The van der Waals surface area contributed by atoms with E-state index in [-0.39, 0.29) is 11.8 Å². The van der Waals surface area contributed by atoms with Gasteiger partial charge < -0.3 is 4.90 Å². The molecular formula is C21H21N3OS. The van der Waals surface area contributed by atoms with Gasteiger partial charge in [-0.25, -0.2) is 9.97 Å². The van der Waals surface area contributed by atoms with E-state index in [1.54, 1.807) is 0 Å². The van der Waals surface area contributed by atoms with Crippen LogP contribution in [0.4, 0.5) is 0 Å². The summed E-state index contributed by atoms with van der Waals surface area (Å²) in [7, 11) is 0. The van der Waals surface area contributed by atoms with Gasteiger partial charge in [-0.2, -0.15) is 0 Å². The summed E-state index contributed by atoms with van der Waals surface area (Å²) in [4.78, 5) is 24.7. The minimum atomic E-state index is 0.137. The van der Waals surface area contributed by atoms with Crippen LogP contribution in [0.5, 0.6) is 0 Å². The number of carbonyl (C=O) groups excluding carboxylic acids is 1. The lowest BCUT2D eigenvalue weighted by atomic mass is 9.94. The smallest absolute Gasteiger partial charge is 0.263 e. The lowest BCUT2D eigenvalue weighted by Crippen LogP contribution is -2.39. The predicted octanol–water partition coefficient (Wildman–Crippen LogP) is 4.53. The molecule has 0 spiro atoms. The lowest BCUT2D eigenvalue weighted by molar-refractivity contribution is 0.0711. The van der Waals surface area contributed by atoms with Gasteiger partial charge in [0.05, 0.1) is 4.88 Å². The van der Waals surface area contributed by atoms with Crippen LogP contribution in [0.2, 0.25) is 0 Å². The SMILES string of the molecule is Cc1cccc(-c2nccc([C@H]3CCCN(C(=O)c4cccs4)C3)n2)c1. The molecule has 0 saturated carbocycles. The van der Waals surface area contributed by atoms with E-state index in [0.717, 1.165) is 47.9 Å². The van der Waals surface area contributed by atoms with E-state index in [1.165, 1.54) is 16.9 Å². The Hall–Kier alpha value is -2.53. The molecule has 1 atom stereocenters. The number of nitrogens with zero attached hydrogens (tertiary/aromatic N) is 3. The summed E-state index contributed by atoms with van der Waals surface area (Å²) < 4.78 is 0. The van der Waals surface area contributed by atoms with Crippen molar-refractivity contribution in [3.8, 4) is 11.4 Å². The van der Waals surface area contributed by atoms with Gasteiger partial charge in [0.25, 0.3) is 5.91 Å². The maximum Gasteiger partial charge on any atom is 0.263 e. The number of aromatic nitrogens is 2. The molecule has 2 aromatic heterocycles. The first-order valence-corrected chi connectivity index (χ1v) is 9.81. The molecule has 0 radical (unpaired) electrons. The van der Waals surface area contributed by atoms with E-state index in [0.29, 0.717) is 0 Å². The van der Waals surface area contributed by atoms with Crippen molar-refractivity contribution in [2.45, 2.75) is 25.7 Å². The van der Waals surface area contributed by atoms with Crippen LogP contribution in [0.1, 0.15) is 39.7 Å². The fourth-order valence-corrected chi connectivity index (χ4v) is 4.17. The molecule has 1 aliphatic heterocycles. The number of hydrogen-bond acceptors (Lipinski definition) is 4. The molecule has 1 saturated heterocycles. The molecule has 26 heavy (non-hydrogen) atoms. The van der Waals surface area contributed by atoms with Crippen molar-refractivity contribution < 1.29 is 4.79 Å². The zero-order valence-electron chi connectivity index (χ0n) is 14.8. The van der Waals surface area contributed by atoms with E-state index in [2.05, 4.69) is 24.0 Å². The highest BCUT2D eigenvalue weighted by Crippen LogP contribution is 2.28. The van der Waals surface area contributed by atoms with E-state index >= 15 is 0 Å². The first-order chi connectivity index (χ1) is 12.7. The third-order valence-electron chi connectivity index (χ3n) is 4.81. The standard InChI is InChI=1S/C21H21N3OS/c1-15-5-2-6-16(13-15)20-22-10-9-18(23-20)17-7-3-11-24(14-17)21(25)19-8-4-12-26-19/h2,4-6,8-10,12-13,17H,3,7,11,14H2,1H3/t17-/m0/s1.